The molecule has 0 bridgehead atoms. The molecule has 7 heteroatoms. The van der Waals surface area contributed by atoms with Crippen LogP contribution in [0.25, 0.3) is 11.3 Å². The van der Waals surface area contributed by atoms with Crippen molar-refractivity contribution < 1.29 is 4.79 Å². The number of benzene rings is 2. The van der Waals surface area contributed by atoms with E-state index in [0.29, 0.717) is 22.8 Å². The van der Waals surface area contributed by atoms with E-state index in [-0.39, 0.29) is 5.91 Å². The Labute approximate surface area is 181 Å². The molecule has 1 aromatic heterocycles. The maximum atomic E-state index is 12.8. The lowest BCUT2D eigenvalue weighted by Crippen LogP contribution is -2.43. The fourth-order valence-corrected chi connectivity index (χ4v) is 3.80. The van der Waals surface area contributed by atoms with Crippen LogP contribution in [-0.4, -0.2) is 59.1 Å². The van der Waals surface area contributed by atoms with Crippen LogP contribution in [0, 0.1) is 0 Å². The third-order valence-corrected chi connectivity index (χ3v) is 5.72. The Hall–Kier alpha value is -2.67. The first-order valence-electron chi connectivity index (χ1n) is 10.1. The molecule has 1 aliphatic heterocycles. The summed E-state index contributed by atoms with van der Waals surface area (Å²) in [5.74, 6) is -0.154. The SMILES string of the molecule is CN1CCN(Cc2cccc(CNC(=O)c3cn[nH]c3-c3ccc(Cl)cc3)c2)CC1. The third-order valence-electron chi connectivity index (χ3n) is 5.46. The molecule has 3 aromatic rings. The van der Waals surface area contributed by atoms with E-state index in [1.165, 1.54) is 5.56 Å². The predicted molar refractivity (Wildman–Crippen MR) is 119 cm³/mol. The number of likely N-dealkylation sites (N-methyl/N-ethyl adjacent to an activating group) is 1. The van der Waals surface area contributed by atoms with Crippen LogP contribution < -0.4 is 5.32 Å². The number of rotatable bonds is 6. The normalized spacial score (nSPS) is 15.3. The van der Waals surface area contributed by atoms with Crippen LogP contribution in [0.1, 0.15) is 21.5 Å². The highest BCUT2D eigenvalue weighted by Crippen LogP contribution is 2.23. The van der Waals surface area contributed by atoms with Gasteiger partial charge in [0.1, 0.15) is 0 Å². The Bertz CT molecular complexity index is 993. The molecule has 0 radical (unpaired) electrons. The number of piperazine rings is 1. The van der Waals surface area contributed by atoms with E-state index in [0.717, 1.165) is 43.9 Å². The number of halogens is 1. The zero-order valence-electron chi connectivity index (χ0n) is 17.1. The summed E-state index contributed by atoms with van der Waals surface area (Å²) in [6.45, 7) is 5.81. The van der Waals surface area contributed by atoms with Gasteiger partial charge < -0.3 is 10.2 Å². The third kappa shape index (κ3) is 5.08. The van der Waals surface area contributed by atoms with Gasteiger partial charge in [0, 0.05) is 49.9 Å². The van der Waals surface area contributed by atoms with Gasteiger partial charge >= 0.3 is 0 Å². The molecule has 30 heavy (non-hydrogen) atoms. The number of H-pyrrole nitrogens is 1. The van der Waals surface area contributed by atoms with Crippen molar-refractivity contribution in [1.82, 2.24) is 25.3 Å². The van der Waals surface area contributed by atoms with Gasteiger partial charge in [-0.1, -0.05) is 48.0 Å². The largest absolute Gasteiger partial charge is 0.348 e. The minimum absolute atomic E-state index is 0.154. The molecular formula is C23H26ClN5O. The molecule has 156 valence electrons. The quantitative estimate of drug-likeness (QED) is 0.637. The number of nitrogens with one attached hydrogen (secondary N) is 2. The summed E-state index contributed by atoms with van der Waals surface area (Å²) in [4.78, 5) is 17.6. The summed E-state index contributed by atoms with van der Waals surface area (Å²) in [6.07, 6.45) is 1.56. The Kier molecular flexibility index (Phi) is 6.47. The summed E-state index contributed by atoms with van der Waals surface area (Å²) in [7, 11) is 2.17. The standard InChI is InChI=1S/C23H26ClN5O/c1-28-9-11-29(12-10-28)16-18-4-2-3-17(13-18)14-25-23(30)21-15-26-27-22(21)19-5-7-20(24)8-6-19/h2-8,13,15H,9-12,14,16H2,1H3,(H,25,30)(H,26,27). The van der Waals surface area contributed by atoms with Gasteiger partial charge in [0.2, 0.25) is 0 Å². The zero-order chi connectivity index (χ0) is 20.9. The van der Waals surface area contributed by atoms with E-state index in [9.17, 15) is 4.79 Å². The van der Waals surface area contributed by atoms with Crippen molar-refractivity contribution in [2.75, 3.05) is 33.2 Å². The second-order valence-electron chi connectivity index (χ2n) is 7.75. The summed E-state index contributed by atoms with van der Waals surface area (Å²) in [5, 5.41) is 10.6. The molecule has 2 N–H and O–H groups in total. The first-order valence-corrected chi connectivity index (χ1v) is 10.5. The topological polar surface area (TPSA) is 64.3 Å². The van der Waals surface area contributed by atoms with Crippen LogP contribution in [0.4, 0.5) is 0 Å². The minimum Gasteiger partial charge on any atom is -0.348 e. The summed E-state index contributed by atoms with van der Waals surface area (Å²) in [5.41, 5.74) is 4.44. The number of aromatic nitrogens is 2. The molecule has 1 aliphatic rings. The first kappa shape index (κ1) is 20.6. The molecule has 6 nitrogen and oxygen atoms in total. The van der Waals surface area contributed by atoms with Gasteiger partial charge in [-0.2, -0.15) is 5.10 Å². The van der Waals surface area contributed by atoms with Crippen molar-refractivity contribution >= 4 is 17.5 Å². The number of carbonyl (C=O) groups excluding carboxylic acids is 1. The van der Waals surface area contributed by atoms with E-state index >= 15 is 0 Å². The van der Waals surface area contributed by atoms with Crippen LogP contribution in [-0.2, 0) is 13.1 Å². The van der Waals surface area contributed by atoms with Crippen LogP contribution in [0.15, 0.2) is 54.7 Å². The Morgan fingerprint density at radius 1 is 1.10 bits per heavy atom. The molecule has 4 rings (SSSR count). The number of carbonyl (C=O) groups is 1. The molecule has 1 amide bonds. The molecule has 0 saturated carbocycles. The van der Waals surface area contributed by atoms with E-state index < -0.39 is 0 Å². The van der Waals surface area contributed by atoms with Gasteiger partial charge in [0.15, 0.2) is 0 Å². The smallest absolute Gasteiger partial charge is 0.255 e. The monoisotopic (exact) mass is 423 g/mol. The molecule has 1 fully saturated rings. The molecule has 0 unspecified atom stereocenters. The Morgan fingerprint density at radius 2 is 1.83 bits per heavy atom. The maximum Gasteiger partial charge on any atom is 0.255 e. The average molecular weight is 424 g/mol. The van der Waals surface area contributed by atoms with E-state index in [4.69, 9.17) is 11.6 Å². The lowest BCUT2D eigenvalue weighted by Gasteiger charge is -2.32. The van der Waals surface area contributed by atoms with Gasteiger partial charge in [0.05, 0.1) is 17.5 Å². The molecule has 0 spiro atoms. The van der Waals surface area contributed by atoms with Gasteiger partial charge in [-0.3, -0.25) is 14.8 Å². The number of aromatic amines is 1. The maximum absolute atomic E-state index is 12.8. The first-order chi connectivity index (χ1) is 14.6. The molecule has 0 atom stereocenters. The van der Waals surface area contributed by atoms with E-state index in [1.54, 1.807) is 18.3 Å². The van der Waals surface area contributed by atoms with Gasteiger partial charge in [-0.15, -0.1) is 0 Å². The second-order valence-corrected chi connectivity index (χ2v) is 8.18. The predicted octanol–water partition coefficient (Wildman–Crippen LogP) is 3.41. The molecule has 1 saturated heterocycles. The van der Waals surface area contributed by atoms with Crippen molar-refractivity contribution in [2.24, 2.45) is 0 Å². The highest BCUT2D eigenvalue weighted by atomic mass is 35.5. The highest BCUT2D eigenvalue weighted by Gasteiger charge is 2.16. The minimum atomic E-state index is -0.154. The molecule has 0 aliphatic carbocycles. The Balaban J connectivity index is 1.38. The van der Waals surface area contributed by atoms with Crippen LogP contribution in [0.3, 0.4) is 0 Å². The summed E-state index contributed by atoms with van der Waals surface area (Å²) >= 11 is 5.96. The number of amides is 1. The lowest BCUT2D eigenvalue weighted by molar-refractivity contribution is 0.0951. The fourth-order valence-electron chi connectivity index (χ4n) is 3.67. The number of hydrogen-bond acceptors (Lipinski definition) is 4. The lowest BCUT2D eigenvalue weighted by atomic mass is 10.1. The summed E-state index contributed by atoms with van der Waals surface area (Å²) in [6, 6.07) is 15.8. The van der Waals surface area contributed by atoms with Crippen LogP contribution >= 0.6 is 11.6 Å². The summed E-state index contributed by atoms with van der Waals surface area (Å²) < 4.78 is 0. The van der Waals surface area contributed by atoms with Crippen molar-refractivity contribution in [3.8, 4) is 11.3 Å². The van der Waals surface area contributed by atoms with Gasteiger partial charge in [0.25, 0.3) is 5.91 Å². The number of nitrogens with zero attached hydrogens (tertiary/aromatic N) is 3. The van der Waals surface area contributed by atoms with Gasteiger partial charge in [-0.25, -0.2) is 0 Å². The Morgan fingerprint density at radius 3 is 2.60 bits per heavy atom. The van der Waals surface area contributed by atoms with Crippen LogP contribution in [0.2, 0.25) is 5.02 Å². The van der Waals surface area contributed by atoms with Crippen molar-refractivity contribution in [3.05, 3.63) is 76.4 Å². The van der Waals surface area contributed by atoms with E-state index in [2.05, 4.69) is 50.6 Å². The molecule has 2 aromatic carbocycles. The van der Waals surface area contributed by atoms with Crippen molar-refractivity contribution in [1.29, 1.82) is 0 Å². The van der Waals surface area contributed by atoms with Gasteiger partial charge in [-0.05, 0) is 30.3 Å². The second kappa shape index (κ2) is 9.43. The zero-order valence-corrected chi connectivity index (χ0v) is 17.8. The number of hydrogen-bond donors (Lipinski definition) is 2. The average Bonchev–Trinajstić information content (AvgIpc) is 3.25. The fraction of sp³-hybridized carbons (Fsp3) is 0.304. The van der Waals surface area contributed by atoms with Crippen molar-refractivity contribution in [3.63, 3.8) is 0 Å². The molecule has 2 heterocycles. The highest BCUT2D eigenvalue weighted by molar-refractivity contribution is 6.30. The van der Waals surface area contributed by atoms with Crippen LogP contribution in [0.5, 0.6) is 0 Å². The molecular weight excluding hydrogens is 398 g/mol. The van der Waals surface area contributed by atoms with Crippen molar-refractivity contribution in [2.45, 2.75) is 13.1 Å². The van der Waals surface area contributed by atoms with E-state index in [1.807, 2.05) is 18.2 Å².